The molecule has 2 aromatic carbocycles. The van der Waals surface area contributed by atoms with E-state index >= 15 is 0 Å². The summed E-state index contributed by atoms with van der Waals surface area (Å²) < 4.78 is 13.4. The van der Waals surface area contributed by atoms with Crippen molar-refractivity contribution in [2.24, 2.45) is 0 Å². The molecule has 5 aromatic rings. The van der Waals surface area contributed by atoms with Gasteiger partial charge in [-0.15, -0.1) is 11.3 Å². The first kappa shape index (κ1) is 18.2. The van der Waals surface area contributed by atoms with Gasteiger partial charge in [0, 0.05) is 23.0 Å². The number of aromatic nitrogens is 3. The molecule has 5 nitrogen and oxygen atoms in total. The van der Waals surface area contributed by atoms with Crippen LogP contribution in [0.2, 0.25) is 0 Å². The summed E-state index contributed by atoms with van der Waals surface area (Å²) in [6.45, 7) is 0. The summed E-state index contributed by atoms with van der Waals surface area (Å²) in [6, 6.07) is 19.6. The molecule has 0 radical (unpaired) electrons. The van der Waals surface area contributed by atoms with Crippen molar-refractivity contribution >= 4 is 34.0 Å². The molecule has 0 atom stereocenters. The number of carbonyl (C=O) groups is 1. The van der Waals surface area contributed by atoms with E-state index in [1.807, 2.05) is 36.4 Å². The average Bonchev–Trinajstić information content (AvgIpc) is 3.41. The fraction of sp³-hybridized carbons (Fsp3) is 0. The van der Waals surface area contributed by atoms with E-state index in [1.54, 1.807) is 35.7 Å². The summed E-state index contributed by atoms with van der Waals surface area (Å²) in [6.07, 6.45) is 3.16. The van der Waals surface area contributed by atoms with Crippen molar-refractivity contribution in [1.82, 2.24) is 15.0 Å². The number of hydrogen-bond donors (Lipinski definition) is 2. The maximum absolute atomic E-state index is 13.4. The predicted octanol–water partition coefficient (Wildman–Crippen LogP) is 5.74. The van der Waals surface area contributed by atoms with Crippen LogP contribution in [0.25, 0.3) is 32.2 Å². The number of nitrogens with one attached hydrogen (secondary N) is 2. The van der Waals surface area contributed by atoms with Gasteiger partial charge < -0.3 is 10.3 Å². The van der Waals surface area contributed by atoms with E-state index in [-0.39, 0.29) is 11.7 Å². The van der Waals surface area contributed by atoms with Gasteiger partial charge in [0.15, 0.2) is 0 Å². The van der Waals surface area contributed by atoms with Crippen LogP contribution in [0, 0.1) is 5.82 Å². The SMILES string of the molecule is O=C(Nc1cccc(-c2ccc(-c3nc4ccc(F)cc4[nH]3)s2)c1)c1cccnc1. The van der Waals surface area contributed by atoms with Gasteiger partial charge >= 0.3 is 0 Å². The summed E-state index contributed by atoms with van der Waals surface area (Å²) in [5.74, 6) is 0.198. The second-order valence-corrected chi connectivity index (χ2v) is 7.77. The molecule has 0 spiro atoms. The van der Waals surface area contributed by atoms with Gasteiger partial charge in [-0.1, -0.05) is 12.1 Å². The number of thiophene rings is 1. The lowest BCUT2D eigenvalue weighted by atomic mass is 10.1. The van der Waals surface area contributed by atoms with Crippen LogP contribution in [0.1, 0.15) is 10.4 Å². The molecule has 0 saturated carbocycles. The molecule has 5 rings (SSSR count). The summed E-state index contributed by atoms with van der Waals surface area (Å²) in [7, 11) is 0. The number of amides is 1. The highest BCUT2D eigenvalue weighted by Crippen LogP contribution is 2.35. The smallest absolute Gasteiger partial charge is 0.257 e. The van der Waals surface area contributed by atoms with Crippen LogP contribution >= 0.6 is 11.3 Å². The highest BCUT2D eigenvalue weighted by atomic mass is 32.1. The van der Waals surface area contributed by atoms with Crippen LogP contribution in [-0.4, -0.2) is 20.9 Å². The molecule has 2 N–H and O–H groups in total. The fourth-order valence-corrected chi connectivity index (χ4v) is 4.12. The number of rotatable bonds is 4. The second-order valence-electron chi connectivity index (χ2n) is 6.69. The number of anilines is 1. The van der Waals surface area contributed by atoms with Crippen LogP contribution < -0.4 is 5.32 Å². The topological polar surface area (TPSA) is 70.7 Å². The van der Waals surface area contributed by atoms with Gasteiger partial charge in [-0.3, -0.25) is 9.78 Å². The molecule has 0 aliphatic rings. The van der Waals surface area contributed by atoms with E-state index in [4.69, 9.17) is 0 Å². The number of fused-ring (bicyclic) bond motifs is 1. The van der Waals surface area contributed by atoms with Crippen LogP contribution in [0.15, 0.2) is 79.1 Å². The third-order valence-corrected chi connectivity index (χ3v) is 5.75. The number of nitrogens with zero attached hydrogens (tertiary/aromatic N) is 2. The van der Waals surface area contributed by atoms with Gasteiger partial charge in [0.1, 0.15) is 11.6 Å². The highest BCUT2D eigenvalue weighted by molar-refractivity contribution is 7.18. The molecular formula is C23H15FN4OS. The Kier molecular flexibility index (Phi) is 4.57. The minimum atomic E-state index is -0.297. The van der Waals surface area contributed by atoms with Crippen molar-refractivity contribution in [3.8, 4) is 21.1 Å². The molecule has 3 heterocycles. The van der Waals surface area contributed by atoms with Gasteiger partial charge in [0.2, 0.25) is 0 Å². The highest BCUT2D eigenvalue weighted by Gasteiger charge is 2.11. The minimum absolute atomic E-state index is 0.207. The van der Waals surface area contributed by atoms with Gasteiger partial charge in [-0.25, -0.2) is 9.37 Å². The Hall–Kier alpha value is -3.84. The first-order chi connectivity index (χ1) is 14.7. The molecule has 3 aromatic heterocycles. The molecular weight excluding hydrogens is 399 g/mol. The number of benzene rings is 2. The zero-order valence-electron chi connectivity index (χ0n) is 15.6. The van der Waals surface area contributed by atoms with Crippen molar-refractivity contribution in [2.75, 3.05) is 5.32 Å². The largest absolute Gasteiger partial charge is 0.337 e. The Balaban J connectivity index is 1.40. The van der Waals surface area contributed by atoms with Gasteiger partial charge in [-0.05, 0) is 60.2 Å². The van der Waals surface area contributed by atoms with Crippen molar-refractivity contribution < 1.29 is 9.18 Å². The number of aromatic amines is 1. The Morgan fingerprint density at radius 1 is 1.00 bits per heavy atom. The second kappa shape index (κ2) is 7.53. The quantitative estimate of drug-likeness (QED) is 0.394. The third-order valence-electron chi connectivity index (χ3n) is 4.61. The fourth-order valence-electron chi connectivity index (χ4n) is 3.17. The maximum Gasteiger partial charge on any atom is 0.257 e. The van der Waals surface area contributed by atoms with Gasteiger partial charge in [-0.2, -0.15) is 0 Å². The standard InChI is InChI=1S/C23H15FN4OS/c24-16-6-7-18-19(12-16)28-22(27-18)21-9-8-20(30-21)14-3-1-5-17(11-14)26-23(29)15-4-2-10-25-13-15/h1-13H,(H,26,29)(H,27,28). The Morgan fingerprint density at radius 3 is 2.77 bits per heavy atom. The molecule has 1 amide bonds. The lowest BCUT2D eigenvalue weighted by Crippen LogP contribution is -2.11. The molecule has 30 heavy (non-hydrogen) atoms. The minimum Gasteiger partial charge on any atom is -0.337 e. The van der Waals surface area contributed by atoms with Crippen LogP contribution in [0.4, 0.5) is 10.1 Å². The van der Waals surface area contributed by atoms with E-state index in [9.17, 15) is 9.18 Å². The van der Waals surface area contributed by atoms with Crippen molar-refractivity contribution in [3.63, 3.8) is 0 Å². The maximum atomic E-state index is 13.4. The van der Waals surface area contributed by atoms with Crippen LogP contribution in [0.3, 0.4) is 0 Å². The van der Waals surface area contributed by atoms with E-state index in [1.165, 1.54) is 18.3 Å². The molecule has 0 bridgehead atoms. The Bertz CT molecular complexity index is 1360. The number of halogens is 1. The van der Waals surface area contributed by atoms with E-state index < -0.39 is 0 Å². The van der Waals surface area contributed by atoms with Crippen LogP contribution in [-0.2, 0) is 0 Å². The predicted molar refractivity (Wildman–Crippen MR) is 117 cm³/mol. The van der Waals surface area contributed by atoms with E-state index in [2.05, 4.69) is 20.3 Å². The van der Waals surface area contributed by atoms with Crippen molar-refractivity contribution in [2.45, 2.75) is 0 Å². The first-order valence-electron chi connectivity index (χ1n) is 9.23. The van der Waals surface area contributed by atoms with E-state index in [0.29, 0.717) is 22.6 Å². The molecule has 0 aliphatic carbocycles. The summed E-state index contributed by atoms with van der Waals surface area (Å²) >= 11 is 1.57. The summed E-state index contributed by atoms with van der Waals surface area (Å²) in [4.78, 5) is 26.1. The molecule has 0 saturated heterocycles. The zero-order valence-corrected chi connectivity index (χ0v) is 16.4. The monoisotopic (exact) mass is 414 g/mol. The Labute approximate surface area is 175 Å². The lowest BCUT2D eigenvalue weighted by Gasteiger charge is -2.06. The summed E-state index contributed by atoms with van der Waals surface area (Å²) in [5, 5.41) is 2.90. The van der Waals surface area contributed by atoms with Crippen LogP contribution in [0.5, 0.6) is 0 Å². The molecule has 146 valence electrons. The first-order valence-corrected chi connectivity index (χ1v) is 10.0. The van der Waals surface area contributed by atoms with E-state index in [0.717, 1.165) is 20.8 Å². The number of carbonyl (C=O) groups excluding carboxylic acids is 1. The molecule has 7 heteroatoms. The average molecular weight is 414 g/mol. The summed E-state index contributed by atoms with van der Waals surface area (Å²) in [5.41, 5.74) is 3.58. The van der Waals surface area contributed by atoms with Gasteiger partial charge in [0.25, 0.3) is 5.91 Å². The van der Waals surface area contributed by atoms with Crippen molar-refractivity contribution in [3.05, 3.63) is 90.5 Å². The number of hydrogen-bond acceptors (Lipinski definition) is 4. The third kappa shape index (κ3) is 3.58. The molecule has 0 aliphatic heterocycles. The molecule has 0 unspecified atom stereocenters. The normalized spacial score (nSPS) is 11.0. The van der Waals surface area contributed by atoms with Gasteiger partial charge in [0.05, 0.1) is 21.5 Å². The number of imidazole rings is 1. The number of pyridine rings is 1. The Morgan fingerprint density at radius 2 is 1.90 bits per heavy atom. The lowest BCUT2D eigenvalue weighted by molar-refractivity contribution is 0.102. The molecule has 0 fully saturated rings. The zero-order chi connectivity index (χ0) is 20.5. The van der Waals surface area contributed by atoms with Crippen molar-refractivity contribution in [1.29, 1.82) is 0 Å². The number of H-pyrrole nitrogens is 1.